The van der Waals surface area contributed by atoms with Gasteiger partial charge in [0.1, 0.15) is 12.5 Å². The van der Waals surface area contributed by atoms with E-state index in [1.807, 2.05) is 41.5 Å². The quantitative estimate of drug-likeness (QED) is 0.193. The van der Waals surface area contributed by atoms with Gasteiger partial charge in [-0.25, -0.2) is 14.4 Å². The van der Waals surface area contributed by atoms with E-state index < -0.39 is 37.1 Å². The molecule has 1 aromatic carbocycles. The maximum absolute atomic E-state index is 15.0. The second-order valence-corrected chi connectivity index (χ2v) is 13.9. The number of methoxy groups -OCH3 is 3. The number of benzene rings is 1. The molecule has 256 valence electrons. The zero-order valence-corrected chi connectivity index (χ0v) is 29.4. The Balaban J connectivity index is 1.61. The smallest absolute Gasteiger partial charge is 0.335 e. The van der Waals surface area contributed by atoms with E-state index in [0.29, 0.717) is 28.7 Å². The van der Waals surface area contributed by atoms with Crippen LogP contribution in [0.25, 0.3) is 0 Å². The Bertz CT molecular complexity index is 1560. The van der Waals surface area contributed by atoms with Gasteiger partial charge in [-0.1, -0.05) is 0 Å². The van der Waals surface area contributed by atoms with Crippen LogP contribution in [0, 0.1) is 5.82 Å². The summed E-state index contributed by atoms with van der Waals surface area (Å²) >= 11 is 0. The minimum Gasteiger partial charge on any atom is -0.493 e. The van der Waals surface area contributed by atoms with Crippen molar-refractivity contribution in [1.29, 1.82) is 0 Å². The number of nitrogens with one attached hydrogen (secondary N) is 2. The second kappa shape index (κ2) is 14.0. The van der Waals surface area contributed by atoms with Crippen LogP contribution in [0.15, 0.2) is 30.5 Å². The van der Waals surface area contributed by atoms with Gasteiger partial charge in [0.2, 0.25) is 11.7 Å². The molecule has 0 spiro atoms. The van der Waals surface area contributed by atoms with Crippen molar-refractivity contribution in [3.8, 4) is 23.0 Å². The van der Waals surface area contributed by atoms with Crippen LogP contribution in [0.2, 0.25) is 0 Å². The van der Waals surface area contributed by atoms with Crippen molar-refractivity contribution >= 4 is 43.6 Å². The first kappa shape index (κ1) is 35.8. The van der Waals surface area contributed by atoms with Gasteiger partial charge in [-0.15, -0.1) is 0 Å². The number of aromatic nitrogens is 3. The minimum absolute atomic E-state index is 0.0717. The molecule has 0 fully saturated rings. The van der Waals surface area contributed by atoms with Gasteiger partial charge in [-0.3, -0.25) is 14.2 Å². The molecule has 0 saturated carbocycles. The number of amides is 1. The topological polar surface area (TPSA) is 148 Å². The molecular weight excluding hydrogens is 634 g/mol. The summed E-state index contributed by atoms with van der Waals surface area (Å²) in [4.78, 5) is 27.8. The summed E-state index contributed by atoms with van der Waals surface area (Å²) in [6.45, 7) is 14.4. The Morgan fingerprint density at radius 1 is 0.936 bits per heavy atom. The number of anilines is 5. The first-order valence-electron chi connectivity index (χ1n) is 14.6. The first-order chi connectivity index (χ1) is 21.9. The molecule has 4 rings (SSSR count). The molecule has 1 aliphatic heterocycles. The molecule has 3 heterocycles. The van der Waals surface area contributed by atoms with Crippen LogP contribution in [-0.4, -0.2) is 65.7 Å². The van der Waals surface area contributed by atoms with Crippen LogP contribution < -0.4 is 34.5 Å². The van der Waals surface area contributed by atoms with Gasteiger partial charge < -0.3 is 38.6 Å². The number of carbonyl (C=O) groups is 1. The zero-order valence-electron chi connectivity index (χ0n) is 28.5. The number of pyridine rings is 1. The standard InChI is InChI=1S/C31H42FN6O8P/c1-29(2,3)45-47(46-30(4,5)6)43-17-38-26-20(44-31(7,8)27(38)39)12-13-23(36-26)35-25-19(32)16-33-28(37-25)34-18-14-21(40-9)24(42-11)22(15-18)41-10/h12-16H,17H2,1-11H3,(H2,33,34,35,36,37). The molecule has 16 heteroatoms. The first-order valence-corrected chi connectivity index (χ1v) is 15.7. The molecule has 1 amide bonds. The van der Waals surface area contributed by atoms with E-state index in [0.717, 1.165) is 6.20 Å². The van der Waals surface area contributed by atoms with Gasteiger partial charge in [0.05, 0.1) is 38.7 Å². The molecule has 1 aliphatic rings. The molecule has 14 nitrogen and oxygen atoms in total. The van der Waals surface area contributed by atoms with E-state index in [1.165, 1.54) is 26.2 Å². The Labute approximate surface area is 275 Å². The van der Waals surface area contributed by atoms with E-state index in [9.17, 15) is 9.18 Å². The van der Waals surface area contributed by atoms with Gasteiger partial charge in [0, 0.05) is 17.8 Å². The number of rotatable bonds is 12. The summed E-state index contributed by atoms with van der Waals surface area (Å²) in [7, 11) is 2.63. The third-order valence-corrected chi connectivity index (χ3v) is 7.84. The average molecular weight is 677 g/mol. The van der Waals surface area contributed by atoms with Gasteiger partial charge in [-0.05, 0) is 67.5 Å². The van der Waals surface area contributed by atoms with Crippen molar-refractivity contribution in [2.75, 3.05) is 43.6 Å². The lowest BCUT2D eigenvalue weighted by molar-refractivity contribution is -0.133. The predicted octanol–water partition coefficient (Wildman–Crippen LogP) is 6.86. The number of nitrogens with zero attached hydrogens (tertiary/aromatic N) is 4. The van der Waals surface area contributed by atoms with Crippen LogP contribution in [-0.2, 0) is 18.4 Å². The molecule has 0 saturated heterocycles. The summed E-state index contributed by atoms with van der Waals surface area (Å²) < 4.78 is 55.2. The van der Waals surface area contributed by atoms with Gasteiger partial charge >= 0.3 is 8.60 Å². The number of ether oxygens (including phenoxy) is 4. The molecule has 3 aromatic rings. The molecule has 0 radical (unpaired) electrons. The van der Waals surface area contributed by atoms with E-state index in [1.54, 1.807) is 38.1 Å². The van der Waals surface area contributed by atoms with Crippen LogP contribution in [0.3, 0.4) is 0 Å². The summed E-state index contributed by atoms with van der Waals surface area (Å²) in [5.41, 5.74) is -1.85. The number of fused-ring (bicyclic) bond motifs is 1. The van der Waals surface area contributed by atoms with E-state index >= 15 is 0 Å². The van der Waals surface area contributed by atoms with Crippen LogP contribution >= 0.6 is 8.60 Å². The van der Waals surface area contributed by atoms with Gasteiger partial charge in [0.15, 0.2) is 40.3 Å². The van der Waals surface area contributed by atoms with Crippen molar-refractivity contribution in [3.05, 3.63) is 36.3 Å². The molecule has 0 aliphatic carbocycles. The number of carbonyl (C=O) groups excluding carboxylic acids is 1. The molecule has 2 N–H and O–H groups in total. The normalized spacial score (nSPS) is 14.4. The molecule has 2 aromatic heterocycles. The largest absolute Gasteiger partial charge is 0.493 e. The highest BCUT2D eigenvalue weighted by Crippen LogP contribution is 2.48. The van der Waals surface area contributed by atoms with Crippen molar-refractivity contribution < 1.29 is 41.7 Å². The van der Waals surface area contributed by atoms with Crippen molar-refractivity contribution in [2.24, 2.45) is 0 Å². The summed E-state index contributed by atoms with van der Waals surface area (Å²) in [5, 5.41) is 5.88. The minimum atomic E-state index is -1.86. The summed E-state index contributed by atoms with van der Waals surface area (Å²) in [5.74, 6) is 0.650. The number of hydrogen-bond acceptors (Lipinski definition) is 13. The monoisotopic (exact) mass is 676 g/mol. The average Bonchev–Trinajstić information content (AvgIpc) is 2.97. The summed E-state index contributed by atoms with van der Waals surface area (Å²) in [6, 6.07) is 6.52. The fraction of sp³-hybridized carbons (Fsp3) is 0.484. The van der Waals surface area contributed by atoms with Crippen LogP contribution in [0.1, 0.15) is 55.4 Å². The third-order valence-electron chi connectivity index (χ3n) is 6.12. The SMILES string of the molecule is COc1cc(Nc2ncc(F)c(Nc3ccc4c(n3)N(COP(OC(C)(C)C)OC(C)(C)C)C(=O)C(C)(C)O4)n2)cc(OC)c1OC. The van der Waals surface area contributed by atoms with Crippen molar-refractivity contribution in [1.82, 2.24) is 15.0 Å². The maximum atomic E-state index is 15.0. The lowest BCUT2D eigenvalue weighted by Crippen LogP contribution is -2.53. The fourth-order valence-electron chi connectivity index (χ4n) is 4.18. The van der Waals surface area contributed by atoms with Crippen molar-refractivity contribution in [2.45, 2.75) is 72.2 Å². The van der Waals surface area contributed by atoms with Gasteiger partial charge in [0.25, 0.3) is 5.91 Å². The maximum Gasteiger partial charge on any atom is 0.335 e. The highest BCUT2D eigenvalue weighted by Gasteiger charge is 2.43. The fourth-order valence-corrected chi connectivity index (χ4v) is 5.43. The number of hydrogen-bond donors (Lipinski definition) is 2. The van der Waals surface area contributed by atoms with Crippen LogP contribution in [0.5, 0.6) is 23.0 Å². The highest BCUT2D eigenvalue weighted by atomic mass is 31.2. The predicted molar refractivity (Wildman–Crippen MR) is 176 cm³/mol. The Hall–Kier alpha value is -4.04. The van der Waals surface area contributed by atoms with E-state index in [4.69, 9.17) is 32.5 Å². The lowest BCUT2D eigenvalue weighted by Gasteiger charge is -2.38. The summed E-state index contributed by atoms with van der Waals surface area (Å²) in [6.07, 6.45) is 1.01. The molecule has 0 unspecified atom stereocenters. The van der Waals surface area contributed by atoms with Gasteiger partial charge in [-0.2, -0.15) is 4.98 Å². The number of halogens is 1. The molecule has 0 bridgehead atoms. The van der Waals surface area contributed by atoms with Crippen LogP contribution in [0.4, 0.5) is 33.5 Å². The Kier molecular flexibility index (Phi) is 10.7. The van der Waals surface area contributed by atoms with E-state index in [-0.39, 0.29) is 30.1 Å². The third kappa shape index (κ3) is 9.07. The lowest BCUT2D eigenvalue weighted by atomic mass is 10.1. The Morgan fingerprint density at radius 2 is 1.55 bits per heavy atom. The Morgan fingerprint density at radius 3 is 2.11 bits per heavy atom. The van der Waals surface area contributed by atoms with Crippen molar-refractivity contribution in [3.63, 3.8) is 0 Å². The highest BCUT2D eigenvalue weighted by molar-refractivity contribution is 7.41. The molecule has 0 atom stereocenters. The molecular formula is C31H42FN6O8P. The van der Waals surface area contributed by atoms with E-state index in [2.05, 4.69) is 25.6 Å². The second-order valence-electron chi connectivity index (χ2n) is 12.8. The zero-order chi connectivity index (χ0) is 34.7. The molecule has 47 heavy (non-hydrogen) atoms.